The molecule has 84 valence electrons. The number of nitrogens with one attached hydrogen (secondary N) is 1. The fourth-order valence-electron chi connectivity index (χ4n) is 1.67. The third-order valence-electron chi connectivity index (χ3n) is 2.52. The molecule has 1 atom stereocenters. The van der Waals surface area contributed by atoms with Crippen LogP contribution < -0.4 is 11.3 Å². The molecule has 0 fully saturated rings. The summed E-state index contributed by atoms with van der Waals surface area (Å²) in [6.45, 7) is 0. The number of nitrogens with zero attached hydrogens (tertiary/aromatic N) is 2. The van der Waals surface area contributed by atoms with Gasteiger partial charge in [0, 0.05) is 17.7 Å². The third-order valence-corrected chi connectivity index (χ3v) is 3.05. The number of halogens is 1. The second kappa shape index (κ2) is 4.78. The minimum Gasteiger partial charge on any atom is -0.271 e. The van der Waals surface area contributed by atoms with Crippen LogP contribution >= 0.6 is 15.9 Å². The van der Waals surface area contributed by atoms with Crippen molar-refractivity contribution >= 4 is 15.9 Å². The Morgan fingerprint density at radius 3 is 2.50 bits per heavy atom. The Kier molecular flexibility index (Phi) is 3.38. The Labute approximate surface area is 103 Å². The SMILES string of the molecule is Cn1nccc1C(NN)c1ccc(Br)cc1. The predicted octanol–water partition coefficient (Wildman–Crippen LogP) is 1.74. The molecule has 0 radical (unpaired) electrons. The van der Waals surface area contributed by atoms with E-state index in [4.69, 9.17) is 5.84 Å². The molecule has 16 heavy (non-hydrogen) atoms. The van der Waals surface area contributed by atoms with Gasteiger partial charge in [-0.2, -0.15) is 5.10 Å². The molecule has 0 aliphatic heterocycles. The normalized spacial score (nSPS) is 12.7. The molecule has 1 heterocycles. The molecule has 2 aromatic rings. The average molecular weight is 281 g/mol. The van der Waals surface area contributed by atoms with Gasteiger partial charge in [0.05, 0.1) is 11.7 Å². The van der Waals surface area contributed by atoms with E-state index in [-0.39, 0.29) is 6.04 Å². The summed E-state index contributed by atoms with van der Waals surface area (Å²) in [5, 5.41) is 4.14. The maximum absolute atomic E-state index is 5.60. The Morgan fingerprint density at radius 2 is 2.00 bits per heavy atom. The number of rotatable bonds is 3. The molecule has 1 unspecified atom stereocenters. The summed E-state index contributed by atoms with van der Waals surface area (Å²) in [5.74, 6) is 5.60. The second-order valence-electron chi connectivity index (χ2n) is 3.53. The van der Waals surface area contributed by atoms with Crippen LogP contribution in [0.4, 0.5) is 0 Å². The van der Waals surface area contributed by atoms with Crippen molar-refractivity contribution in [3.05, 3.63) is 52.3 Å². The maximum atomic E-state index is 5.60. The number of nitrogens with two attached hydrogens (primary N) is 1. The molecule has 0 bridgehead atoms. The van der Waals surface area contributed by atoms with Crippen molar-refractivity contribution in [2.75, 3.05) is 0 Å². The molecule has 3 N–H and O–H groups in total. The molecule has 0 saturated carbocycles. The minimum absolute atomic E-state index is 0.0411. The van der Waals surface area contributed by atoms with Gasteiger partial charge in [-0.3, -0.25) is 10.5 Å². The molecule has 0 spiro atoms. The van der Waals surface area contributed by atoms with Crippen LogP contribution in [0.1, 0.15) is 17.3 Å². The molecular formula is C11H13BrN4. The molecule has 2 rings (SSSR count). The lowest BCUT2D eigenvalue weighted by Crippen LogP contribution is -2.30. The molecule has 4 nitrogen and oxygen atoms in total. The Hall–Kier alpha value is -1.17. The number of aryl methyl sites for hydroxylation is 1. The summed E-state index contributed by atoms with van der Waals surface area (Å²) in [4.78, 5) is 0. The van der Waals surface area contributed by atoms with E-state index in [0.717, 1.165) is 15.7 Å². The molecule has 0 aliphatic carbocycles. The summed E-state index contributed by atoms with van der Waals surface area (Å²) in [6.07, 6.45) is 1.76. The second-order valence-corrected chi connectivity index (χ2v) is 4.45. The van der Waals surface area contributed by atoms with Crippen LogP contribution in [0.25, 0.3) is 0 Å². The van der Waals surface area contributed by atoms with E-state index in [1.165, 1.54) is 0 Å². The van der Waals surface area contributed by atoms with E-state index >= 15 is 0 Å². The number of aromatic nitrogens is 2. The maximum Gasteiger partial charge on any atom is 0.0878 e. The van der Waals surface area contributed by atoms with E-state index in [1.54, 1.807) is 6.20 Å². The Balaban J connectivity index is 2.37. The molecule has 1 aromatic heterocycles. The molecule has 5 heteroatoms. The van der Waals surface area contributed by atoms with Gasteiger partial charge in [0.1, 0.15) is 0 Å². The first-order valence-corrected chi connectivity index (χ1v) is 5.71. The number of hydrogen-bond donors (Lipinski definition) is 2. The molecular weight excluding hydrogens is 268 g/mol. The van der Waals surface area contributed by atoms with Crippen molar-refractivity contribution in [3.8, 4) is 0 Å². The average Bonchev–Trinajstić information content (AvgIpc) is 2.69. The summed E-state index contributed by atoms with van der Waals surface area (Å²) < 4.78 is 2.86. The largest absolute Gasteiger partial charge is 0.271 e. The van der Waals surface area contributed by atoms with Crippen molar-refractivity contribution in [3.63, 3.8) is 0 Å². The van der Waals surface area contributed by atoms with E-state index in [9.17, 15) is 0 Å². The highest BCUT2D eigenvalue weighted by Crippen LogP contribution is 2.22. The fourth-order valence-corrected chi connectivity index (χ4v) is 1.94. The van der Waals surface area contributed by atoms with E-state index in [0.29, 0.717) is 0 Å². The van der Waals surface area contributed by atoms with Gasteiger partial charge in [-0.15, -0.1) is 0 Å². The lowest BCUT2D eigenvalue weighted by atomic mass is 10.0. The van der Waals surface area contributed by atoms with E-state index in [1.807, 2.05) is 42.1 Å². The summed E-state index contributed by atoms with van der Waals surface area (Å²) in [7, 11) is 1.90. The predicted molar refractivity (Wildman–Crippen MR) is 66.5 cm³/mol. The first kappa shape index (κ1) is 11.3. The molecule has 0 amide bonds. The van der Waals surface area contributed by atoms with Gasteiger partial charge in [-0.1, -0.05) is 28.1 Å². The van der Waals surface area contributed by atoms with Crippen molar-refractivity contribution in [2.24, 2.45) is 12.9 Å². The molecule has 0 aliphatic rings. The highest BCUT2D eigenvalue weighted by Gasteiger charge is 2.15. The monoisotopic (exact) mass is 280 g/mol. The topological polar surface area (TPSA) is 55.9 Å². The number of hydrazine groups is 1. The standard InChI is InChI=1S/C11H13BrN4/c1-16-10(6-7-14-16)11(15-13)8-2-4-9(12)5-3-8/h2-7,11,15H,13H2,1H3. The van der Waals surface area contributed by atoms with Gasteiger partial charge in [0.2, 0.25) is 0 Å². The van der Waals surface area contributed by atoms with Gasteiger partial charge in [-0.05, 0) is 23.8 Å². The zero-order valence-electron chi connectivity index (χ0n) is 8.89. The summed E-state index contributed by atoms with van der Waals surface area (Å²) >= 11 is 3.41. The number of hydrogen-bond acceptors (Lipinski definition) is 3. The van der Waals surface area contributed by atoms with Crippen LogP contribution in [0.3, 0.4) is 0 Å². The van der Waals surface area contributed by atoms with Crippen molar-refractivity contribution in [2.45, 2.75) is 6.04 Å². The van der Waals surface area contributed by atoms with Crippen LogP contribution in [0.15, 0.2) is 41.0 Å². The van der Waals surface area contributed by atoms with Crippen LogP contribution in [-0.2, 0) is 7.05 Å². The van der Waals surface area contributed by atoms with Gasteiger partial charge in [-0.25, -0.2) is 5.43 Å². The van der Waals surface area contributed by atoms with Gasteiger partial charge >= 0.3 is 0 Å². The quantitative estimate of drug-likeness (QED) is 0.665. The van der Waals surface area contributed by atoms with Gasteiger partial charge in [0.15, 0.2) is 0 Å². The summed E-state index contributed by atoms with van der Waals surface area (Å²) in [6, 6.07) is 9.96. The first-order chi connectivity index (χ1) is 7.72. The fraction of sp³-hybridized carbons (Fsp3) is 0.182. The zero-order valence-corrected chi connectivity index (χ0v) is 10.5. The molecule has 0 saturated heterocycles. The summed E-state index contributed by atoms with van der Waals surface area (Å²) in [5.41, 5.74) is 4.94. The Morgan fingerprint density at radius 1 is 1.31 bits per heavy atom. The van der Waals surface area contributed by atoms with Gasteiger partial charge in [0.25, 0.3) is 0 Å². The zero-order chi connectivity index (χ0) is 11.5. The minimum atomic E-state index is -0.0411. The van der Waals surface area contributed by atoms with Crippen molar-refractivity contribution in [1.82, 2.24) is 15.2 Å². The van der Waals surface area contributed by atoms with Crippen LogP contribution in [-0.4, -0.2) is 9.78 Å². The Bertz CT molecular complexity index is 463. The van der Waals surface area contributed by atoms with Crippen molar-refractivity contribution < 1.29 is 0 Å². The van der Waals surface area contributed by atoms with Gasteiger partial charge < -0.3 is 0 Å². The van der Waals surface area contributed by atoms with Crippen LogP contribution in [0, 0.1) is 0 Å². The van der Waals surface area contributed by atoms with Crippen molar-refractivity contribution in [1.29, 1.82) is 0 Å². The first-order valence-electron chi connectivity index (χ1n) is 4.92. The smallest absolute Gasteiger partial charge is 0.0878 e. The van der Waals surface area contributed by atoms with Crippen LogP contribution in [0.2, 0.25) is 0 Å². The van der Waals surface area contributed by atoms with E-state index < -0.39 is 0 Å². The lowest BCUT2D eigenvalue weighted by Gasteiger charge is -2.16. The molecule has 1 aromatic carbocycles. The third kappa shape index (κ3) is 2.16. The van der Waals surface area contributed by atoms with E-state index in [2.05, 4.69) is 26.5 Å². The number of benzene rings is 1. The highest BCUT2D eigenvalue weighted by atomic mass is 79.9. The highest BCUT2D eigenvalue weighted by molar-refractivity contribution is 9.10. The van der Waals surface area contributed by atoms with Crippen LogP contribution in [0.5, 0.6) is 0 Å². The lowest BCUT2D eigenvalue weighted by molar-refractivity contribution is 0.575.